The molecule has 1 fully saturated rings. The SMILES string of the molecule is Cc1c(NN)ncnc1NC1CCOC(C)(C)C1. The van der Waals surface area contributed by atoms with E-state index < -0.39 is 0 Å². The summed E-state index contributed by atoms with van der Waals surface area (Å²) in [5, 5.41) is 3.45. The van der Waals surface area contributed by atoms with Crippen LogP contribution in [0.3, 0.4) is 0 Å². The predicted octanol–water partition coefficient (Wildman–Crippen LogP) is 1.44. The van der Waals surface area contributed by atoms with E-state index in [9.17, 15) is 0 Å². The van der Waals surface area contributed by atoms with Crippen LogP contribution in [-0.4, -0.2) is 28.2 Å². The molecule has 4 N–H and O–H groups in total. The van der Waals surface area contributed by atoms with Crippen LogP contribution in [0.15, 0.2) is 6.33 Å². The Morgan fingerprint density at radius 3 is 2.78 bits per heavy atom. The second kappa shape index (κ2) is 5.07. The Kier molecular flexibility index (Phi) is 3.68. The zero-order valence-corrected chi connectivity index (χ0v) is 11.2. The van der Waals surface area contributed by atoms with Gasteiger partial charge in [-0.25, -0.2) is 15.8 Å². The van der Waals surface area contributed by atoms with E-state index in [0.717, 1.165) is 30.8 Å². The number of aromatic nitrogens is 2. The number of nitrogens with two attached hydrogens (primary N) is 1. The lowest BCUT2D eigenvalue weighted by atomic mass is 9.94. The summed E-state index contributed by atoms with van der Waals surface area (Å²) in [4.78, 5) is 8.34. The van der Waals surface area contributed by atoms with E-state index in [1.54, 1.807) is 0 Å². The highest BCUT2D eigenvalue weighted by molar-refractivity contribution is 5.56. The highest BCUT2D eigenvalue weighted by atomic mass is 16.5. The minimum atomic E-state index is -0.0776. The monoisotopic (exact) mass is 251 g/mol. The van der Waals surface area contributed by atoms with Crippen molar-refractivity contribution in [1.29, 1.82) is 0 Å². The molecule has 0 saturated carbocycles. The molecule has 0 aromatic carbocycles. The van der Waals surface area contributed by atoms with Crippen LogP contribution < -0.4 is 16.6 Å². The molecule has 6 nitrogen and oxygen atoms in total. The van der Waals surface area contributed by atoms with E-state index >= 15 is 0 Å². The quantitative estimate of drug-likeness (QED) is 0.557. The molecule has 6 heteroatoms. The smallest absolute Gasteiger partial charge is 0.148 e. The van der Waals surface area contributed by atoms with E-state index in [-0.39, 0.29) is 5.60 Å². The molecule has 1 saturated heterocycles. The molecule has 0 bridgehead atoms. The van der Waals surface area contributed by atoms with Gasteiger partial charge in [0.05, 0.1) is 5.60 Å². The molecular formula is C12H21N5O. The average molecular weight is 251 g/mol. The van der Waals surface area contributed by atoms with E-state index in [2.05, 4.69) is 34.6 Å². The van der Waals surface area contributed by atoms with Crippen LogP contribution in [0.1, 0.15) is 32.3 Å². The van der Waals surface area contributed by atoms with E-state index in [4.69, 9.17) is 10.6 Å². The molecule has 2 heterocycles. The van der Waals surface area contributed by atoms with Gasteiger partial charge in [-0.15, -0.1) is 0 Å². The number of nitrogens with one attached hydrogen (secondary N) is 2. The molecule has 2 rings (SSSR count). The first-order valence-electron chi connectivity index (χ1n) is 6.20. The van der Waals surface area contributed by atoms with Crippen LogP contribution in [0.4, 0.5) is 11.6 Å². The first kappa shape index (κ1) is 13.0. The van der Waals surface area contributed by atoms with Gasteiger partial charge < -0.3 is 15.5 Å². The van der Waals surface area contributed by atoms with Gasteiger partial charge >= 0.3 is 0 Å². The number of hydrogen-bond donors (Lipinski definition) is 3. The number of hydrogen-bond acceptors (Lipinski definition) is 6. The van der Waals surface area contributed by atoms with Gasteiger partial charge in [0.15, 0.2) is 0 Å². The molecule has 0 spiro atoms. The lowest BCUT2D eigenvalue weighted by Crippen LogP contribution is -2.40. The first-order chi connectivity index (χ1) is 8.52. The van der Waals surface area contributed by atoms with Crippen molar-refractivity contribution in [3.05, 3.63) is 11.9 Å². The molecule has 100 valence electrons. The van der Waals surface area contributed by atoms with Crippen molar-refractivity contribution in [1.82, 2.24) is 9.97 Å². The maximum Gasteiger partial charge on any atom is 0.148 e. The summed E-state index contributed by atoms with van der Waals surface area (Å²) < 4.78 is 5.70. The number of hydrazine groups is 1. The number of nitrogens with zero attached hydrogens (tertiary/aromatic N) is 2. The molecule has 1 unspecified atom stereocenters. The Bertz CT molecular complexity index is 421. The molecule has 0 aliphatic carbocycles. The fourth-order valence-corrected chi connectivity index (χ4v) is 2.29. The number of anilines is 2. The second-order valence-corrected chi connectivity index (χ2v) is 5.28. The molecule has 1 aromatic heterocycles. The molecule has 1 aliphatic rings. The van der Waals surface area contributed by atoms with E-state index in [1.807, 2.05) is 6.92 Å². The summed E-state index contributed by atoms with van der Waals surface area (Å²) in [5.41, 5.74) is 3.43. The Labute approximate surface area is 107 Å². The predicted molar refractivity (Wildman–Crippen MR) is 71.3 cm³/mol. The Morgan fingerprint density at radius 1 is 1.39 bits per heavy atom. The van der Waals surface area contributed by atoms with Crippen molar-refractivity contribution in [2.45, 2.75) is 45.3 Å². The molecule has 1 aromatic rings. The Hall–Kier alpha value is -1.40. The third-order valence-corrected chi connectivity index (χ3v) is 3.26. The minimum Gasteiger partial charge on any atom is -0.375 e. The van der Waals surface area contributed by atoms with Gasteiger partial charge in [-0.2, -0.15) is 0 Å². The van der Waals surface area contributed by atoms with Gasteiger partial charge in [0.2, 0.25) is 0 Å². The van der Waals surface area contributed by atoms with Crippen LogP contribution in [0, 0.1) is 6.92 Å². The summed E-state index contributed by atoms with van der Waals surface area (Å²) in [6, 6.07) is 0.368. The minimum absolute atomic E-state index is 0.0776. The van der Waals surface area contributed by atoms with Gasteiger partial charge in [-0.1, -0.05) is 0 Å². The summed E-state index contributed by atoms with van der Waals surface area (Å²) in [5.74, 6) is 6.89. The molecular weight excluding hydrogens is 230 g/mol. The standard InChI is InChI=1S/C12H21N5O/c1-8-10(14-7-15-11(8)17-13)16-9-4-5-18-12(2,3)6-9/h7,9H,4-6,13H2,1-3H3,(H2,14,15,16,17). The molecule has 1 atom stereocenters. The summed E-state index contributed by atoms with van der Waals surface area (Å²) in [6.07, 6.45) is 3.45. The van der Waals surface area contributed by atoms with Gasteiger partial charge in [-0.05, 0) is 33.6 Å². The largest absolute Gasteiger partial charge is 0.375 e. The topological polar surface area (TPSA) is 85.1 Å². The number of ether oxygens (including phenoxy) is 1. The van der Waals surface area contributed by atoms with Gasteiger partial charge in [-0.3, -0.25) is 0 Å². The van der Waals surface area contributed by atoms with E-state index in [0.29, 0.717) is 11.9 Å². The van der Waals surface area contributed by atoms with Crippen molar-refractivity contribution in [2.75, 3.05) is 17.3 Å². The Morgan fingerprint density at radius 2 is 2.11 bits per heavy atom. The maximum absolute atomic E-state index is 5.70. The lowest BCUT2D eigenvalue weighted by Gasteiger charge is -2.36. The van der Waals surface area contributed by atoms with Crippen molar-refractivity contribution in [3.63, 3.8) is 0 Å². The van der Waals surface area contributed by atoms with Crippen LogP contribution in [-0.2, 0) is 4.74 Å². The van der Waals surface area contributed by atoms with Crippen molar-refractivity contribution < 1.29 is 4.74 Å². The highest BCUT2D eigenvalue weighted by Gasteiger charge is 2.29. The molecule has 0 radical (unpaired) electrons. The van der Waals surface area contributed by atoms with Gasteiger partial charge in [0.1, 0.15) is 18.0 Å². The summed E-state index contributed by atoms with van der Waals surface area (Å²) >= 11 is 0. The third-order valence-electron chi connectivity index (χ3n) is 3.26. The number of rotatable bonds is 3. The van der Waals surface area contributed by atoms with Crippen LogP contribution in [0.25, 0.3) is 0 Å². The van der Waals surface area contributed by atoms with Crippen LogP contribution in [0.5, 0.6) is 0 Å². The third kappa shape index (κ3) is 2.88. The lowest BCUT2D eigenvalue weighted by molar-refractivity contribution is -0.0553. The van der Waals surface area contributed by atoms with Crippen LogP contribution >= 0.6 is 0 Å². The average Bonchev–Trinajstić information content (AvgIpc) is 2.31. The maximum atomic E-state index is 5.70. The van der Waals surface area contributed by atoms with Crippen molar-refractivity contribution in [2.24, 2.45) is 5.84 Å². The molecule has 1 aliphatic heterocycles. The zero-order valence-electron chi connectivity index (χ0n) is 11.2. The van der Waals surface area contributed by atoms with Gasteiger partial charge in [0, 0.05) is 18.2 Å². The zero-order chi connectivity index (χ0) is 13.2. The fourth-order valence-electron chi connectivity index (χ4n) is 2.29. The summed E-state index contributed by atoms with van der Waals surface area (Å²) in [7, 11) is 0. The van der Waals surface area contributed by atoms with E-state index in [1.165, 1.54) is 6.33 Å². The fraction of sp³-hybridized carbons (Fsp3) is 0.667. The van der Waals surface area contributed by atoms with Crippen molar-refractivity contribution >= 4 is 11.6 Å². The summed E-state index contributed by atoms with van der Waals surface area (Å²) in [6.45, 7) is 6.94. The first-order valence-corrected chi connectivity index (χ1v) is 6.20. The number of nitrogen functional groups attached to an aromatic ring is 1. The second-order valence-electron chi connectivity index (χ2n) is 5.28. The normalized spacial score (nSPS) is 22.6. The Balaban J connectivity index is 2.09. The highest BCUT2D eigenvalue weighted by Crippen LogP contribution is 2.27. The molecule has 18 heavy (non-hydrogen) atoms. The molecule has 0 amide bonds. The van der Waals surface area contributed by atoms with Crippen LogP contribution in [0.2, 0.25) is 0 Å². The van der Waals surface area contributed by atoms with Gasteiger partial charge in [0.25, 0.3) is 0 Å². The van der Waals surface area contributed by atoms with Crippen molar-refractivity contribution in [3.8, 4) is 0 Å².